The Morgan fingerprint density at radius 1 is 1.28 bits per heavy atom. The summed E-state index contributed by atoms with van der Waals surface area (Å²) in [6.45, 7) is 0.746. The van der Waals surface area contributed by atoms with E-state index >= 15 is 0 Å². The van der Waals surface area contributed by atoms with Crippen LogP contribution < -0.4 is 4.74 Å². The molecule has 5 nitrogen and oxygen atoms in total. The van der Waals surface area contributed by atoms with Crippen molar-refractivity contribution >= 4 is 28.6 Å². The number of rotatable bonds is 4. The second-order valence-corrected chi connectivity index (χ2v) is 7.07. The molecule has 1 fully saturated rings. The Morgan fingerprint density at radius 3 is 2.88 bits per heavy atom. The second-order valence-electron chi connectivity index (χ2n) is 5.89. The Balaban J connectivity index is 1.54. The minimum atomic E-state index is 0.0385. The van der Waals surface area contributed by atoms with Crippen LogP contribution in [-0.2, 0) is 11.2 Å². The molecule has 128 valence electrons. The Bertz CT molecular complexity index is 891. The van der Waals surface area contributed by atoms with Gasteiger partial charge in [-0.05, 0) is 29.8 Å². The number of hydrogen-bond acceptors (Lipinski definition) is 5. The van der Waals surface area contributed by atoms with Gasteiger partial charge in [-0.25, -0.2) is 0 Å². The van der Waals surface area contributed by atoms with E-state index in [2.05, 4.69) is 5.16 Å². The van der Waals surface area contributed by atoms with Gasteiger partial charge in [-0.3, -0.25) is 4.79 Å². The van der Waals surface area contributed by atoms with Crippen LogP contribution in [0, 0.1) is 0 Å². The van der Waals surface area contributed by atoms with Crippen LogP contribution in [0.25, 0.3) is 11.0 Å². The van der Waals surface area contributed by atoms with Crippen LogP contribution >= 0.6 is 11.8 Å². The number of carbonyl (C=O) groups excluding carboxylic acids is 1. The van der Waals surface area contributed by atoms with Crippen molar-refractivity contribution in [3.8, 4) is 5.75 Å². The number of hydrogen-bond donors (Lipinski definition) is 0. The smallest absolute Gasteiger partial charge is 0.229 e. The van der Waals surface area contributed by atoms with Crippen LogP contribution in [0.3, 0.4) is 0 Å². The average molecular weight is 354 g/mol. The average Bonchev–Trinajstić information content (AvgIpc) is 3.29. The van der Waals surface area contributed by atoms with Crippen molar-refractivity contribution in [2.24, 2.45) is 0 Å². The van der Waals surface area contributed by atoms with Crippen molar-refractivity contribution in [2.75, 3.05) is 19.4 Å². The first-order valence-electron chi connectivity index (χ1n) is 8.14. The Hall–Kier alpha value is -2.47. The molecule has 2 aromatic carbocycles. The summed E-state index contributed by atoms with van der Waals surface area (Å²) < 4.78 is 10.5. The molecule has 0 saturated carbocycles. The Morgan fingerprint density at radius 2 is 2.08 bits per heavy atom. The zero-order valence-electron chi connectivity index (χ0n) is 13.8. The molecule has 0 aliphatic carbocycles. The fraction of sp³-hybridized carbons (Fsp3) is 0.263. The number of para-hydroxylation sites is 1. The van der Waals surface area contributed by atoms with Crippen molar-refractivity contribution in [1.82, 2.24) is 10.1 Å². The summed E-state index contributed by atoms with van der Waals surface area (Å²) in [6, 6.07) is 15.5. The van der Waals surface area contributed by atoms with Crippen molar-refractivity contribution in [3.63, 3.8) is 0 Å². The largest absolute Gasteiger partial charge is 0.497 e. The van der Waals surface area contributed by atoms with E-state index in [9.17, 15) is 4.79 Å². The van der Waals surface area contributed by atoms with E-state index in [1.807, 2.05) is 53.4 Å². The zero-order valence-corrected chi connectivity index (χ0v) is 14.7. The maximum absolute atomic E-state index is 12.9. The predicted molar refractivity (Wildman–Crippen MR) is 97.6 cm³/mol. The molecule has 0 bridgehead atoms. The molecule has 1 aliphatic rings. The summed E-state index contributed by atoms with van der Waals surface area (Å²) in [5, 5.41) is 5.03. The molecular weight excluding hydrogens is 336 g/mol. The van der Waals surface area contributed by atoms with Gasteiger partial charge in [-0.1, -0.05) is 29.4 Å². The lowest BCUT2D eigenvalue weighted by Gasteiger charge is -2.24. The van der Waals surface area contributed by atoms with Crippen LogP contribution in [0.2, 0.25) is 0 Å². The number of amides is 1. The Labute approximate surface area is 149 Å². The molecule has 1 unspecified atom stereocenters. The van der Waals surface area contributed by atoms with Gasteiger partial charge in [0.25, 0.3) is 0 Å². The minimum absolute atomic E-state index is 0.0385. The van der Waals surface area contributed by atoms with Gasteiger partial charge in [0, 0.05) is 17.7 Å². The first kappa shape index (κ1) is 16.0. The van der Waals surface area contributed by atoms with Crippen LogP contribution in [0.5, 0.6) is 5.75 Å². The van der Waals surface area contributed by atoms with E-state index in [-0.39, 0.29) is 17.7 Å². The van der Waals surface area contributed by atoms with Crippen molar-refractivity contribution in [1.29, 1.82) is 0 Å². The van der Waals surface area contributed by atoms with Gasteiger partial charge in [0.15, 0.2) is 5.58 Å². The van der Waals surface area contributed by atoms with E-state index in [4.69, 9.17) is 9.26 Å². The van der Waals surface area contributed by atoms with E-state index in [1.54, 1.807) is 18.9 Å². The first-order chi connectivity index (χ1) is 12.3. The van der Waals surface area contributed by atoms with Crippen LogP contribution in [0.1, 0.15) is 16.6 Å². The first-order valence-corrected chi connectivity index (χ1v) is 9.19. The molecule has 0 N–H and O–H groups in total. The lowest BCUT2D eigenvalue weighted by atomic mass is 10.1. The van der Waals surface area contributed by atoms with E-state index in [0.29, 0.717) is 11.3 Å². The molecule has 1 atom stereocenters. The maximum atomic E-state index is 12.9. The van der Waals surface area contributed by atoms with Gasteiger partial charge < -0.3 is 14.2 Å². The third-order valence-electron chi connectivity index (χ3n) is 4.38. The van der Waals surface area contributed by atoms with Crippen LogP contribution in [0.15, 0.2) is 53.1 Å². The molecule has 1 aliphatic heterocycles. The molecule has 1 saturated heterocycles. The summed E-state index contributed by atoms with van der Waals surface area (Å²) in [7, 11) is 1.65. The lowest BCUT2D eigenvalue weighted by Crippen LogP contribution is -2.31. The number of aromatic nitrogens is 1. The maximum Gasteiger partial charge on any atom is 0.229 e. The lowest BCUT2D eigenvalue weighted by molar-refractivity contribution is -0.130. The fourth-order valence-electron chi connectivity index (χ4n) is 3.08. The number of ether oxygens (including phenoxy) is 1. The van der Waals surface area contributed by atoms with Gasteiger partial charge in [0.2, 0.25) is 5.91 Å². The summed E-state index contributed by atoms with van der Waals surface area (Å²) in [5.41, 5.74) is 2.53. The molecule has 25 heavy (non-hydrogen) atoms. The zero-order chi connectivity index (χ0) is 17.2. The van der Waals surface area contributed by atoms with Gasteiger partial charge in [0.05, 0.1) is 13.5 Å². The quantitative estimate of drug-likeness (QED) is 0.716. The SMILES string of the molecule is COc1ccc(C2SCCN2C(=O)Cc2noc3ccccc23)cc1. The molecule has 0 spiro atoms. The van der Waals surface area contributed by atoms with Gasteiger partial charge in [0.1, 0.15) is 16.8 Å². The predicted octanol–water partition coefficient (Wildman–Crippen LogP) is 3.65. The minimum Gasteiger partial charge on any atom is -0.497 e. The molecule has 1 amide bonds. The van der Waals surface area contributed by atoms with Crippen molar-refractivity contribution in [3.05, 3.63) is 59.8 Å². The highest BCUT2D eigenvalue weighted by atomic mass is 32.2. The molecule has 3 aromatic rings. The molecule has 6 heteroatoms. The van der Waals surface area contributed by atoms with Crippen molar-refractivity contribution in [2.45, 2.75) is 11.8 Å². The number of carbonyl (C=O) groups is 1. The van der Waals surface area contributed by atoms with Crippen LogP contribution in [0.4, 0.5) is 0 Å². The van der Waals surface area contributed by atoms with Gasteiger partial charge in [-0.2, -0.15) is 0 Å². The van der Waals surface area contributed by atoms with Crippen molar-refractivity contribution < 1.29 is 14.1 Å². The summed E-state index contributed by atoms with van der Waals surface area (Å²) >= 11 is 1.78. The molecule has 0 radical (unpaired) electrons. The molecule has 1 aromatic heterocycles. The topological polar surface area (TPSA) is 55.6 Å². The standard InChI is InChI=1S/C19H18N2O3S/c1-23-14-8-6-13(7-9-14)19-21(10-11-25-19)18(22)12-16-15-4-2-3-5-17(15)24-20-16/h2-9,19H,10-12H2,1H3. The second kappa shape index (κ2) is 6.80. The fourth-order valence-corrected chi connectivity index (χ4v) is 4.36. The van der Waals surface area contributed by atoms with Crippen LogP contribution in [-0.4, -0.2) is 35.4 Å². The van der Waals surface area contributed by atoms with E-state index < -0.39 is 0 Å². The number of benzene rings is 2. The summed E-state index contributed by atoms with van der Waals surface area (Å²) in [6.07, 6.45) is 0.254. The molecular formula is C19H18N2O3S. The normalized spacial score (nSPS) is 17.2. The number of methoxy groups -OCH3 is 1. The number of nitrogens with zero attached hydrogens (tertiary/aromatic N) is 2. The number of thioether (sulfide) groups is 1. The summed E-state index contributed by atoms with van der Waals surface area (Å²) in [5.74, 6) is 1.82. The third kappa shape index (κ3) is 3.09. The highest BCUT2D eigenvalue weighted by molar-refractivity contribution is 7.99. The Kier molecular flexibility index (Phi) is 4.36. The number of fused-ring (bicyclic) bond motifs is 1. The van der Waals surface area contributed by atoms with Gasteiger partial charge >= 0.3 is 0 Å². The monoisotopic (exact) mass is 354 g/mol. The van der Waals surface area contributed by atoms with E-state index in [1.165, 1.54) is 0 Å². The van der Waals surface area contributed by atoms with E-state index in [0.717, 1.165) is 29.0 Å². The summed E-state index contributed by atoms with van der Waals surface area (Å²) in [4.78, 5) is 14.8. The highest BCUT2D eigenvalue weighted by Crippen LogP contribution is 2.38. The molecule has 2 heterocycles. The van der Waals surface area contributed by atoms with Gasteiger partial charge in [-0.15, -0.1) is 11.8 Å². The highest BCUT2D eigenvalue weighted by Gasteiger charge is 2.31. The third-order valence-corrected chi connectivity index (χ3v) is 5.64. The molecule has 4 rings (SSSR count).